The zero-order chi connectivity index (χ0) is 14.7. The highest BCUT2D eigenvalue weighted by Gasteiger charge is 2.21. The Morgan fingerprint density at radius 1 is 1.00 bits per heavy atom. The standard InChI is InChI=1S/C15H13F4N/c1-2-20-15(9-4-3-5-10(16)8-9)11-6-7-12(17)14(19)13(11)18/h3-8,15,20H,2H2,1H3. The molecule has 0 fully saturated rings. The van der Waals surface area contributed by atoms with Crippen LogP contribution in [0.3, 0.4) is 0 Å². The zero-order valence-corrected chi connectivity index (χ0v) is 10.8. The van der Waals surface area contributed by atoms with Crippen LogP contribution in [0.25, 0.3) is 0 Å². The zero-order valence-electron chi connectivity index (χ0n) is 10.8. The van der Waals surface area contributed by atoms with Gasteiger partial charge in [-0.05, 0) is 30.3 Å². The summed E-state index contributed by atoms with van der Waals surface area (Å²) >= 11 is 0. The van der Waals surface area contributed by atoms with Crippen LogP contribution in [0.5, 0.6) is 0 Å². The van der Waals surface area contributed by atoms with Crippen LogP contribution >= 0.6 is 0 Å². The van der Waals surface area contributed by atoms with Gasteiger partial charge in [-0.25, -0.2) is 17.6 Å². The van der Waals surface area contributed by atoms with Crippen molar-refractivity contribution in [2.24, 2.45) is 0 Å². The molecule has 0 saturated heterocycles. The van der Waals surface area contributed by atoms with E-state index in [1.54, 1.807) is 13.0 Å². The van der Waals surface area contributed by atoms with Crippen molar-refractivity contribution in [1.82, 2.24) is 5.32 Å². The summed E-state index contributed by atoms with van der Waals surface area (Å²) in [4.78, 5) is 0. The summed E-state index contributed by atoms with van der Waals surface area (Å²) in [6, 6.07) is 6.83. The largest absolute Gasteiger partial charge is 0.306 e. The first-order valence-corrected chi connectivity index (χ1v) is 6.16. The molecule has 0 amide bonds. The number of benzene rings is 2. The maximum absolute atomic E-state index is 13.9. The van der Waals surface area contributed by atoms with Crippen molar-refractivity contribution in [3.05, 3.63) is 70.8 Å². The van der Waals surface area contributed by atoms with E-state index in [-0.39, 0.29) is 5.56 Å². The highest BCUT2D eigenvalue weighted by molar-refractivity contribution is 5.33. The molecule has 1 N–H and O–H groups in total. The van der Waals surface area contributed by atoms with E-state index in [0.29, 0.717) is 12.1 Å². The van der Waals surface area contributed by atoms with Gasteiger partial charge in [0.2, 0.25) is 0 Å². The number of hydrogen-bond acceptors (Lipinski definition) is 1. The highest BCUT2D eigenvalue weighted by atomic mass is 19.2. The smallest absolute Gasteiger partial charge is 0.194 e. The predicted octanol–water partition coefficient (Wildman–Crippen LogP) is 3.94. The van der Waals surface area contributed by atoms with Gasteiger partial charge in [0.1, 0.15) is 5.82 Å². The average Bonchev–Trinajstić information content (AvgIpc) is 2.43. The Bertz CT molecular complexity index is 613. The molecule has 0 aliphatic carbocycles. The lowest BCUT2D eigenvalue weighted by Crippen LogP contribution is -2.23. The summed E-state index contributed by atoms with van der Waals surface area (Å²) in [5, 5.41) is 2.93. The van der Waals surface area contributed by atoms with E-state index in [2.05, 4.69) is 5.32 Å². The summed E-state index contributed by atoms with van der Waals surface area (Å²) < 4.78 is 53.5. The van der Waals surface area contributed by atoms with E-state index in [4.69, 9.17) is 0 Å². The second-order valence-electron chi connectivity index (χ2n) is 4.31. The van der Waals surface area contributed by atoms with Crippen LogP contribution in [0, 0.1) is 23.3 Å². The molecule has 0 aliphatic rings. The average molecular weight is 283 g/mol. The fourth-order valence-electron chi connectivity index (χ4n) is 2.06. The van der Waals surface area contributed by atoms with Gasteiger partial charge >= 0.3 is 0 Å². The first-order valence-electron chi connectivity index (χ1n) is 6.16. The first-order chi connectivity index (χ1) is 9.54. The summed E-state index contributed by atoms with van der Waals surface area (Å²) in [5.41, 5.74) is 0.383. The minimum Gasteiger partial charge on any atom is -0.306 e. The monoisotopic (exact) mass is 283 g/mol. The van der Waals surface area contributed by atoms with Gasteiger partial charge < -0.3 is 5.32 Å². The molecule has 1 unspecified atom stereocenters. The molecule has 1 nitrogen and oxygen atoms in total. The molecule has 1 atom stereocenters. The Morgan fingerprint density at radius 2 is 1.75 bits per heavy atom. The number of hydrogen-bond donors (Lipinski definition) is 1. The molecule has 106 valence electrons. The van der Waals surface area contributed by atoms with E-state index in [0.717, 1.165) is 12.1 Å². The van der Waals surface area contributed by atoms with Crippen molar-refractivity contribution in [2.45, 2.75) is 13.0 Å². The van der Waals surface area contributed by atoms with Crippen molar-refractivity contribution in [1.29, 1.82) is 0 Å². The summed E-state index contributed by atoms with van der Waals surface area (Å²) in [5.74, 6) is -4.52. The Morgan fingerprint density at radius 3 is 2.40 bits per heavy atom. The van der Waals surface area contributed by atoms with Crippen molar-refractivity contribution in [3.63, 3.8) is 0 Å². The minimum absolute atomic E-state index is 0.0589. The molecule has 0 saturated carbocycles. The van der Waals surface area contributed by atoms with Crippen LogP contribution in [0.1, 0.15) is 24.1 Å². The SMILES string of the molecule is CCNC(c1cccc(F)c1)c1ccc(F)c(F)c1F. The Hall–Kier alpha value is -1.88. The molecule has 5 heteroatoms. The number of nitrogens with one attached hydrogen (secondary N) is 1. The van der Waals surface area contributed by atoms with Crippen molar-refractivity contribution >= 4 is 0 Å². The van der Waals surface area contributed by atoms with Gasteiger partial charge in [0, 0.05) is 5.56 Å². The molecule has 2 rings (SSSR count). The summed E-state index contributed by atoms with van der Waals surface area (Å²) in [6.07, 6.45) is 0. The van der Waals surface area contributed by atoms with Gasteiger partial charge in [-0.2, -0.15) is 0 Å². The third-order valence-electron chi connectivity index (χ3n) is 2.97. The van der Waals surface area contributed by atoms with Crippen molar-refractivity contribution in [2.75, 3.05) is 6.54 Å². The molecule has 20 heavy (non-hydrogen) atoms. The lowest BCUT2D eigenvalue weighted by Gasteiger charge is -2.20. The normalized spacial score (nSPS) is 12.4. The summed E-state index contributed by atoms with van der Waals surface area (Å²) in [7, 11) is 0. The Balaban J connectivity index is 2.51. The van der Waals surface area contributed by atoms with Crippen molar-refractivity contribution in [3.8, 4) is 0 Å². The fraction of sp³-hybridized carbons (Fsp3) is 0.200. The second kappa shape index (κ2) is 6.05. The minimum atomic E-state index is -1.53. The fourth-order valence-corrected chi connectivity index (χ4v) is 2.06. The predicted molar refractivity (Wildman–Crippen MR) is 68.2 cm³/mol. The third kappa shape index (κ3) is 2.82. The first kappa shape index (κ1) is 14.5. The lowest BCUT2D eigenvalue weighted by atomic mass is 9.97. The van der Waals surface area contributed by atoms with Crippen LogP contribution in [-0.4, -0.2) is 6.54 Å². The quantitative estimate of drug-likeness (QED) is 0.662. The van der Waals surface area contributed by atoms with Crippen LogP contribution in [0.2, 0.25) is 0 Å². The van der Waals surface area contributed by atoms with Crippen LogP contribution in [-0.2, 0) is 0 Å². The van der Waals surface area contributed by atoms with Gasteiger partial charge in [0.15, 0.2) is 17.5 Å². The lowest BCUT2D eigenvalue weighted by molar-refractivity contribution is 0.433. The molecule has 0 aromatic heterocycles. The Labute approximate surface area is 114 Å². The molecule has 2 aromatic rings. The second-order valence-corrected chi connectivity index (χ2v) is 4.31. The van der Waals surface area contributed by atoms with Gasteiger partial charge in [0.05, 0.1) is 6.04 Å². The van der Waals surface area contributed by atoms with E-state index >= 15 is 0 Å². The van der Waals surface area contributed by atoms with Gasteiger partial charge in [-0.3, -0.25) is 0 Å². The van der Waals surface area contributed by atoms with Gasteiger partial charge in [0.25, 0.3) is 0 Å². The molecular formula is C15H13F4N. The molecule has 0 bridgehead atoms. The van der Waals surface area contributed by atoms with Crippen LogP contribution in [0.4, 0.5) is 17.6 Å². The van der Waals surface area contributed by atoms with Gasteiger partial charge in [-0.15, -0.1) is 0 Å². The molecule has 0 radical (unpaired) electrons. The maximum Gasteiger partial charge on any atom is 0.194 e. The molecule has 0 heterocycles. The molecule has 0 spiro atoms. The van der Waals surface area contributed by atoms with E-state index < -0.39 is 29.3 Å². The highest BCUT2D eigenvalue weighted by Crippen LogP contribution is 2.27. The van der Waals surface area contributed by atoms with Crippen molar-refractivity contribution < 1.29 is 17.6 Å². The topological polar surface area (TPSA) is 12.0 Å². The van der Waals surface area contributed by atoms with Gasteiger partial charge in [-0.1, -0.05) is 25.1 Å². The third-order valence-corrected chi connectivity index (χ3v) is 2.97. The van der Waals surface area contributed by atoms with E-state index in [1.807, 2.05) is 0 Å². The van der Waals surface area contributed by atoms with Crippen LogP contribution < -0.4 is 5.32 Å². The van der Waals surface area contributed by atoms with Crippen LogP contribution in [0.15, 0.2) is 36.4 Å². The number of rotatable bonds is 4. The maximum atomic E-state index is 13.9. The molecular weight excluding hydrogens is 270 g/mol. The summed E-state index contributed by atoms with van der Waals surface area (Å²) in [6.45, 7) is 2.24. The molecule has 0 aliphatic heterocycles. The number of halogens is 4. The Kier molecular flexibility index (Phi) is 4.39. The van der Waals surface area contributed by atoms with E-state index in [1.165, 1.54) is 18.2 Å². The van der Waals surface area contributed by atoms with E-state index in [9.17, 15) is 17.6 Å². The molecule has 2 aromatic carbocycles.